The zero-order valence-corrected chi connectivity index (χ0v) is 15.7. The minimum atomic E-state index is -3.54. The molecule has 0 atom stereocenters. The molecule has 138 valence electrons. The Bertz CT molecular complexity index is 1170. The Morgan fingerprint density at radius 2 is 1.81 bits per heavy atom. The molecule has 0 aliphatic carbocycles. The van der Waals surface area contributed by atoms with E-state index < -0.39 is 10.0 Å². The van der Waals surface area contributed by atoms with Crippen LogP contribution in [0.25, 0.3) is 16.3 Å². The Morgan fingerprint density at radius 3 is 2.56 bits per heavy atom. The number of thiazole rings is 1. The number of aromatic nitrogens is 3. The molecule has 2 aromatic carbocycles. The first-order valence-corrected chi connectivity index (χ1v) is 10.5. The zero-order valence-electron chi connectivity index (χ0n) is 14.0. The quantitative estimate of drug-likeness (QED) is 0.538. The van der Waals surface area contributed by atoms with Crippen LogP contribution in [0.15, 0.2) is 64.9 Å². The molecule has 0 unspecified atom stereocenters. The molecule has 9 heteroatoms. The molecule has 4 aromatic rings. The largest absolute Gasteiger partial charge is 0.240 e. The van der Waals surface area contributed by atoms with Gasteiger partial charge in [0.25, 0.3) is 0 Å². The molecule has 0 aliphatic heterocycles. The van der Waals surface area contributed by atoms with Crippen molar-refractivity contribution in [3.05, 3.63) is 71.5 Å². The van der Waals surface area contributed by atoms with Crippen LogP contribution < -0.4 is 4.72 Å². The van der Waals surface area contributed by atoms with Crippen LogP contribution in [-0.2, 0) is 16.4 Å². The molecule has 0 spiro atoms. The van der Waals surface area contributed by atoms with E-state index in [9.17, 15) is 12.8 Å². The Hall–Kier alpha value is -2.62. The molecule has 0 fully saturated rings. The summed E-state index contributed by atoms with van der Waals surface area (Å²) in [6, 6.07) is 14.2. The smallest absolute Gasteiger partial charge is 0.211 e. The van der Waals surface area contributed by atoms with E-state index in [1.54, 1.807) is 47.0 Å². The van der Waals surface area contributed by atoms with Crippen LogP contribution in [0.3, 0.4) is 0 Å². The molecule has 0 saturated heterocycles. The maximum atomic E-state index is 13.1. The summed E-state index contributed by atoms with van der Waals surface area (Å²) in [5, 5.41) is 6.37. The van der Waals surface area contributed by atoms with Crippen molar-refractivity contribution >= 4 is 26.3 Å². The van der Waals surface area contributed by atoms with Crippen molar-refractivity contribution in [2.45, 2.75) is 11.3 Å². The molecule has 4 rings (SSSR count). The van der Waals surface area contributed by atoms with E-state index in [4.69, 9.17) is 0 Å². The first-order valence-electron chi connectivity index (χ1n) is 8.17. The SMILES string of the molecule is O=S(=O)(NCCc1csc2nc(-c3ccc(F)cc3)nn12)c1ccccc1. The maximum Gasteiger partial charge on any atom is 0.240 e. The average Bonchev–Trinajstić information content (AvgIpc) is 3.25. The van der Waals surface area contributed by atoms with Crippen LogP contribution in [-0.4, -0.2) is 29.6 Å². The average molecular weight is 402 g/mol. The first-order chi connectivity index (χ1) is 13.0. The highest BCUT2D eigenvalue weighted by Crippen LogP contribution is 2.21. The third kappa shape index (κ3) is 3.75. The Morgan fingerprint density at radius 1 is 1.07 bits per heavy atom. The van der Waals surface area contributed by atoms with Gasteiger partial charge in [0, 0.05) is 23.9 Å². The number of benzene rings is 2. The molecule has 2 heterocycles. The van der Waals surface area contributed by atoms with Crippen LogP contribution >= 0.6 is 11.3 Å². The monoisotopic (exact) mass is 402 g/mol. The van der Waals surface area contributed by atoms with Crippen LogP contribution in [0.2, 0.25) is 0 Å². The minimum absolute atomic E-state index is 0.236. The van der Waals surface area contributed by atoms with Gasteiger partial charge in [-0.2, -0.15) is 4.98 Å². The van der Waals surface area contributed by atoms with E-state index in [0.29, 0.717) is 17.2 Å². The van der Waals surface area contributed by atoms with Gasteiger partial charge < -0.3 is 0 Å². The van der Waals surface area contributed by atoms with Gasteiger partial charge in [0.05, 0.1) is 10.6 Å². The van der Waals surface area contributed by atoms with Crippen LogP contribution in [0.1, 0.15) is 5.69 Å². The molecular formula is C18H15FN4O2S2. The first kappa shape index (κ1) is 17.8. The number of hydrogen-bond acceptors (Lipinski definition) is 5. The standard InChI is InChI=1S/C18H15FN4O2S2/c19-14-8-6-13(7-9-14)17-21-18-23(22-17)15(12-26-18)10-11-20-27(24,25)16-4-2-1-3-5-16/h1-9,12,20H,10-11H2. The van der Waals surface area contributed by atoms with Gasteiger partial charge in [0.1, 0.15) is 5.82 Å². The van der Waals surface area contributed by atoms with Gasteiger partial charge in [-0.1, -0.05) is 18.2 Å². The number of hydrogen-bond donors (Lipinski definition) is 1. The lowest BCUT2D eigenvalue weighted by molar-refractivity contribution is 0.581. The summed E-state index contributed by atoms with van der Waals surface area (Å²) in [5.41, 5.74) is 1.58. The summed E-state index contributed by atoms with van der Waals surface area (Å²) in [4.78, 5) is 5.39. The van der Waals surface area contributed by atoms with Gasteiger partial charge in [-0.25, -0.2) is 22.0 Å². The van der Waals surface area contributed by atoms with Crippen molar-refractivity contribution in [2.24, 2.45) is 0 Å². The number of rotatable bonds is 6. The lowest BCUT2D eigenvalue weighted by Gasteiger charge is -2.06. The molecule has 27 heavy (non-hydrogen) atoms. The predicted molar refractivity (Wildman–Crippen MR) is 102 cm³/mol. The third-order valence-corrected chi connectivity index (χ3v) is 6.32. The van der Waals surface area contributed by atoms with Gasteiger partial charge in [0.15, 0.2) is 5.82 Å². The van der Waals surface area contributed by atoms with E-state index in [1.807, 2.05) is 5.38 Å². The summed E-state index contributed by atoms with van der Waals surface area (Å²) in [6.45, 7) is 0.245. The predicted octanol–water partition coefficient (Wildman–Crippen LogP) is 3.12. The molecule has 0 bridgehead atoms. The number of sulfonamides is 1. The summed E-state index contributed by atoms with van der Waals surface area (Å²) < 4.78 is 41.9. The molecule has 0 saturated carbocycles. The van der Waals surface area contributed by atoms with E-state index in [-0.39, 0.29) is 17.3 Å². The molecule has 2 aromatic heterocycles. The maximum absolute atomic E-state index is 13.1. The molecule has 1 N–H and O–H groups in total. The molecule has 0 amide bonds. The Labute approximate surface area is 159 Å². The third-order valence-electron chi connectivity index (χ3n) is 3.98. The van der Waals surface area contributed by atoms with Crippen LogP contribution in [0.4, 0.5) is 4.39 Å². The second-order valence-electron chi connectivity index (χ2n) is 5.82. The number of nitrogens with zero attached hydrogens (tertiary/aromatic N) is 3. The molecule has 0 aliphatic rings. The topological polar surface area (TPSA) is 76.4 Å². The van der Waals surface area contributed by atoms with Gasteiger partial charge in [-0.05, 0) is 36.4 Å². The lowest BCUT2D eigenvalue weighted by atomic mass is 10.2. The van der Waals surface area contributed by atoms with E-state index in [0.717, 1.165) is 11.3 Å². The second-order valence-corrected chi connectivity index (χ2v) is 8.43. The highest BCUT2D eigenvalue weighted by atomic mass is 32.2. The summed E-state index contributed by atoms with van der Waals surface area (Å²) in [6.07, 6.45) is 0.471. The van der Waals surface area contributed by atoms with Crippen molar-refractivity contribution < 1.29 is 12.8 Å². The summed E-state index contributed by atoms with van der Waals surface area (Å²) in [7, 11) is -3.54. The van der Waals surface area contributed by atoms with E-state index in [1.165, 1.54) is 23.5 Å². The van der Waals surface area contributed by atoms with Gasteiger partial charge >= 0.3 is 0 Å². The molecule has 0 radical (unpaired) electrons. The highest BCUT2D eigenvalue weighted by molar-refractivity contribution is 7.89. The van der Waals surface area contributed by atoms with Crippen LogP contribution in [0, 0.1) is 5.82 Å². The number of fused-ring (bicyclic) bond motifs is 1. The fourth-order valence-electron chi connectivity index (χ4n) is 2.61. The van der Waals surface area contributed by atoms with Gasteiger partial charge in [-0.15, -0.1) is 16.4 Å². The van der Waals surface area contributed by atoms with Crippen molar-refractivity contribution in [3.63, 3.8) is 0 Å². The summed E-state index contributed by atoms with van der Waals surface area (Å²) in [5.74, 6) is 0.194. The number of halogens is 1. The molecule has 6 nitrogen and oxygen atoms in total. The fourth-order valence-corrected chi connectivity index (χ4v) is 4.52. The van der Waals surface area contributed by atoms with Crippen molar-refractivity contribution in [1.29, 1.82) is 0 Å². The van der Waals surface area contributed by atoms with Gasteiger partial charge in [-0.3, -0.25) is 0 Å². The van der Waals surface area contributed by atoms with E-state index in [2.05, 4.69) is 14.8 Å². The second kappa shape index (κ2) is 7.18. The number of nitrogens with one attached hydrogen (secondary N) is 1. The normalized spacial score (nSPS) is 11.9. The van der Waals surface area contributed by atoms with E-state index >= 15 is 0 Å². The highest BCUT2D eigenvalue weighted by Gasteiger charge is 2.15. The Balaban J connectivity index is 1.49. The van der Waals surface area contributed by atoms with Gasteiger partial charge in [0.2, 0.25) is 15.0 Å². The van der Waals surface area contributed by atoms with Crippen molar-refractivity contribution in [2.75, 3.05) is 6.54 Å². The fraction of sp³-hybridized carbons (Fsp3) is 0.111. The van der Waals surface area contributed by atoms with Crippen molar-refractivity contribution in [1.82, 2.24) is 19.3 Å². The molecular weight excluding hydrogens is 387 g/mol. The Kier molecular flexibility index (Phi) is 4.73. The lowest BCUT2D eigenvalue weighted by Crippen LogP contribution is -2.26. The minimum Gasteiger partial charge on any atom is -0.211 e. The zero-order chi connectivity index (χ0) is 18.9. The summed E-state index contributed by atoms with van der Waals surface area (Å²) >= 11 is 1.42. The van der Waals surface area contributed by atoms with Crippen molar-refractivity contribution in [3.8, 4) is 11.4 Å². The van der Waals surface area contributed by atoms with Crippen LogP contribution in [0.5, 0.6) is 0 Å².